The Labute approximate surface area is 126 Å². The van der Waals surface area contributed by atoms with Crippen molar-refractivity contribution in [2.24, 2.45) is 0 Å². The van der Waals surface area contributed by atoms with Gasteiger partial charge in [-0.05, 0) is 25.1 Å². The molecule has 0 saturated heterocycles. The molecule has 0 spiro atoms. The van der Waals surface area contributed by atoms with Gasteiger partial charge in [-0.2, -0.15) is 0 Å². The summed E-state index contributed by atoms with van der Waals surface area (Å²) in [6.07, 6.45) is 5.33. The number of aromatic nitrogens is 3. The lowest BCUT2D eigenvalue weighted by Crippen LogP contribution is -1.96. The van der Waals surface area contributed by atoms with E-state index in [0.717, 1.165) is 17.0 Å². The number of rotatable bonds is 3. The zero-order valence-corrected chi connectivity index (χ0v) is 12.2. The molecule has 0 amide bonds. The average Bonchev–Trinajstić information content (AvgIpc) is 2.99. The van der Waals surface area contributed by atoms with Crippen molar-refractivity contribution in [2.45, 2.75) is 13.5 Å². The maximum Gasteiger partial charge on any atom is 0.227 e. The molecule has 20 heavy (non-hydrogen) atoms. The van der Waals surface area contributed by atoms with Crippen LogP contribution < -0.4 is 0 Å². The van der Waals surface area contributed by atoms with E-state index in [1.165, 1.54) is 0 Å². The maximum absolute atomic E-state index is 6.14. The summed E-state index contributed by atoms with van der Waals surface area (Å²) in [5, 5.41) is 1.10. The third-order valence-electron chi connectivity index (χ3n) is 2.82. The van der Waals surface area contributed by atoms with Crippen LogP contribution in [0.3, 0.4) is 0 Å². The lowest BCUT2D eigenvalue weighted by atomic mass is 10.2. The van der Waals surface area contributed by atoms with Crippen LogP contribution in [0.4, 0.5) is 0 Å². The lowest BCUT2D eigenvalue weighted by Gasteiger charge is -1.99. The standard InChI is InChI=1S/C14H11Cl2N3O/c1-9-5-19(8-17-9)6-11-7-20-14(18-11)12-3-2-10(15)4-13(12)16/h2-5,7-8H,6H2,1H3. The van der Waals surface area contributed by atoms with Crippen molar-refractivity contribution in [3.8, 4) is 11.5 Å². The molecule has 6 heteroatoms. The number of hydrogen-bond acceptors (Lipinski definition) is 3. The van der Waals surface area contributed by atoms with E-state index in [1.807, 2.05) is 17.7 Å². The van der Waals surface area contributed by atoms with Gasteiger partial charge < -0.3 is 8.98 Å². The van der Waals surface area contributed by atoms with Crippen molar-refractivity contribution in [1.82, 2.24) is 14.5 Å². The fourth-order valence-corrected chi connectivity index (χ4v) is 2.40. The first kappa shape index (κ1) is 13.2. The minimum absolute atomic E-state index is 0.485. The number of benzene rings is 1. The topological polar surface area (TPSA) is 43.9 Å². The van der Waals surface area contributed by atoms with Gasteiger partial charge in [0.05, 0.1) is 34.8 Å². The highest BCUT2D eigenvalue weighted by atomic mass is 35.5. The van der Waals surface area contributed by atoms with Gasteiger partial charge in [0.25, 0.3) is 0 Å². The molecular weight excluding hydrogens is 297 g/mol. The summed E-state index contributed by atoms with van der Waals surface area (Å²) in [5.41, 5.74) is 2.50. The van der Waals surface area contributed by atoms with E-state index in [2.05, 4.69) is 9.97 Å². The minimum atomic E-state index is 0.485. The SMILES string of the molecule is Cc1cn(Cc2coc(-c3ccc(Cl)cc3Cl)n2)cn1. The number of aryl methyl sites for hydroxylation is 1. The summed E-state index contributed by atoms with van der Waals surface area (Å²) in [7, 11) is 0. The molecule has 4 nitrogen and oxygen atoms in total. The molecule has 0 N–H and O–H groups in total. The molecule has 3 aromatic rings. The highest BCUT2D eigenvalue weighted by Gasteiger charge is 2.11. The molecule has 0 aliphatic heterocycles. The number of hydrogen-bond donors (Lipinski definition) is 0. The number of nitrogens with zero attached hydrogens (tertiary/aromatic N) is 3. The number of halogens is 2. The van der Waals surface area contributed by atoms with E-state index in [1.54, 1.807) is 30.8 Å². The molecule has 0 unspecified atom stereocenters. The van der Waals surface area contributed by atoms with Gasteiger partial charge in [0.15, 0.2) is 0 Å². The van der Waals surface area contributed by atoms with Crippen molar-refractivity contribution in [3.63, 3.8) is 0 Å². The predicted molar refractivity (Wildman–Crippen MR) is 78.0 cm³/mol. The van der Waals surface area contributed by atoms with Crippen molar-refractivity contribution in [2.75, 3.05) is 0 Å². The first-order valence-corrected chi connectivity index (χ1v) is 6.75. The van der Waals surface area contributed by atoms with Gasteiger partial charge in [-0.25, -0.2) is 9.97 Å². The molecule has 0 bridgehead atoms. The van der Waals surface area contributed by atoms with E-state index in [9.17, 15) is 0 Å². The van der Waals surface area contributed by atoms with Crippen LogP contribution in [0.2, 0.25) is 10.0 Å². The van der Waals surface area contributed by atoms with E-state index >= 15 is 0 Å². The molecule has 102 valence electrons. The molecule has 0 fully saturated rings. The van der Waals surface area contributed by atoms with E-state index in [-0.39, 0.29) is 0 Å². The summed E-state index contributed by atoms with van der Waals surface area (Å²) >= 11 is 12.0. The minimum Gasteiger partial charge on any atom is -0.444 e. The van der Waals surface area contributed by atoms with E-state index in [4.69, 9.17) is 27.6 Å². The van der Waals surface area contributed by atoms with Crippen molar-refractivity contribution >= 4 is 23.2 Å². The fourth-order valence-electron chi connectivity index (χ4n) is 1.91. The third kappa shape index (κ3) is 2.71. The van der Waals surface area contributed by atoms with Crippen LogP contribution in [-0.4, -0.2) is 14.5 Å². The van der Waals surface area contributed by atoms with Crippen molar-refractivity contribution in [1.29, 1.82) is 0 Å². The third-order valence-corrected chi connectivity index (χ3v) is 3.37. The first-order valence-electron chi connectivity index (χ1n) is 6.00. The first-order chi connectivity index (χ1) is 9.61. The molecule has 2 heterocycles. The largest absolute Gasteiger partial charge is 0.444 e. The van der Waals surface area contributed by atoms with Crippen LogP contribution in [-0.2, 0) is 6.54 Å². The average molecular weight is 308 g/mol. The van der Waals surface area contributed by atoms with Crippen LogP contribution in [0.5, 0.6) is 0 Å². The summed E-state index contributed by atoms with van der Waals surface area (Å²) in [4.78, 5) is 8.60. The highest BCUT2D eigenvalue weighted by Crippen LogP contribution is 2.29. The van der Waals surface area contributed by atoms with Crippen molar-refractivity contribution in [3.05, 3.63) is 58.4 Å². The van der Waals surface area contributed by atoms with Crippen LogP contribution in [0, 0.1) is 6.92 Å². The summed E-state index contributed by atoms with van der Waals surface area (Å²) < 4.78 is 7.42. The zero-order valence-electron chi connectivity index (χ0n) is 10.7. The normalized spacial score (nSPS) is 10.9. The molecule has 0 atom stereocenters. The van der Waals surface area contributed by atoms with Gasteiger partial charge >= 0.3 is 0 Å². The van der Waals surface area contributed by atoms with Gasteiger partial charge in [-0.3, -0.25) is 0 Å². The lowest BCUT2D eigenvalue weighted by molar-refractivity contribution is 0.571. The smallest absolute Gasteiger partial charge is 0.227 e. The van der Waals surface area contributed by atoms with Gasteiger partial charge in [0.2, 0.25) is 5.89 Å². The highest BCUT2D eigenvalue weighted by molar-refractivity contribution is 6.36. The predicted octanol–water partition coefficient (Wildman–Crippen LogP) is 4.20. The van der Waals surface area contributed by atoms with Gasteiger partial charge in [0, 0.05) is 11.2 Å². The molecule has 0 aliphatic rings. The van der Waals surface area contributed by atoms with Gasteiger partial charge in [-0.1, -0.05) is 23.2 Å². The molecule has 0 saturated carbocycles. The fraction of sp³-hybridized carbons (Fsp3) is 0.143. The summed E-state index contributed by atoms with van der Waals surface area (Å²) in [6, 6.07) is 5.22. The monoisotopic (exact) mass is 307 g/mol. The van der Waals surface area contributed by atoms with E-state index < -0.39 is 0 Å². The Hall–Kier alpha value is -1.78. The molecular formula is C14H11Cl2N3O. The summed E-state index contributed by atoms with van der Waals surface area (Å²) in [6.45, 7) is 2.55. The Bertz CT molecular complexity index is 748. The summed E-state index contributed by atoms with van der Waals surface area (Å²) in [5.74, 6) is 0.485. The Morgan fingerprint density at radius 3 is 2.85 bits per heavy atom. The van der Waals surface area contributed by atoms with Crippen LogP contribution in [0.25, 0.3) is 11.5 Å². The molecule has 2 aromatic heterocycles. The van der Waals surface area contributed by atoms with E-state index in [0.29, 0.717) is 22.5 Å². The second kappa shape index (κ2) is 5.31. The molecule has 0 aliphatic carbocycles. The Morgan fingerprint density at radius 2 is 2.15 bits per heavy atom. The zero-order chi connectivity index (χ0) is 14.1. The van der Waals surface area contributed by atoms with Crippen LogP contribution in [0.15, 0.2) is 41.4 Å². The molecule has 3 rings (SSSR count). The molecule has 1 aromatic carbocycles. The maximum atomic E-state index is 6.14. The number of oxazole rings is 1. The van der Waals surface area contributed by atoms with Crippen LogP contribution in [0.1, 0.15) is 11.4 Å². The second-order valence-electron chi connectivity index (χ2n) is 4.46. The molecule has 0 radical (unpaired) electrons. The Balaban J connectivity index is 1.86. The van der Waals surface area contributed by atoms with Crippen molar-refractivity contribution < 1.29 is 4.42 Å². The second-order valence-corrected chi connectivity index (χ2v) is 5.30. The number of imidazole rings is 1. The Morgan fingerprint density at radius 1 is 1.30 bits per heavy atom. The Kier molecular flexibility index (Phi) is 3.51. The van der Waals surface area contributed by atoms with Gasteiger partial charge in [-0.15, -0.1) is 0 Å². The quantitative estimate of drug-likeness (QED) is 0.728. The van der Waals surface area contributed by atoms with Gasteiger partial charge in [0.1, 0.15) is 6.26 Å². The van der Waals surface area contributed by atoms with Crippen LogP contribution >= 0.6 is 23.2 Å².